The fourth-order valence-corrected chi connectivity index (χ4v) is 2.58. The van der Waals surface area contributed by atoms with Gasteiger partial charge >= 0.3 is 5.97 Å². The van der Waals surface area contributed by atoms with E-state index in [4.69, 9.17) is 4.74 Å². The normalized spacial score (nSPS) is 14.9. The van der Waals surface area contributed by atoms with Crippen LogP contribution in [0, 0.1) is 5.92 Å². The minimum atomic E-state index is -0.981. The average Bonchev–Trinajstić information content (AvgIpc) is 2.40. The first-order chi connectivity index (χ1) is 9.67. The van der Waals surface area contributed by atoms with Crippen LogP contribution in [-0.4, -0.2) is 27.9 Å². The lowest BCUT2D eigenvalue weighted by Crippen LogP contribution is -2.17. The van der Waals surface area contributed by atoms with E-state index in [1.165, 1.54) is 19.3 Å². The fourth-order valence-electron chi connectivity index (χ4n) is 2.58. The van der Waals surface area contributed by atoms with E-state index in [0.717, 1.165) is 23.6 Å². The molecular weight excluding hydrogens is 256 g/mol. The second-order valence-corrected chi connectivity index (χ2v) is 5.25. The summed E-state index contributed by atoms with van der Waals surface area (Å²) in [6.45, 7) is 4.40. The molecule has 1 heterocycles. The molecule has 1 aliphatic carbocycles. The molecule has 1 aromatic heterocycles. The number of aromatic nitrogens is 2. The Morgan fingerprint density at radius 2 is 2.05 bits per heavy atom. The number of hydrogen-bond acceptors (Lipinski definition) is 4. The standard InChI is InChI=1S/C15H22N2O3/c1-3-11-12(4-2)16-17-14(13(11)15(18)19)20-9-8-10-6-5-7-10/h10H,3-9H2,1-2H3,(H,18,19). The highest BCUT2D eigenvalue weighted by molar-refractivity contribution is 5.92. The van der Waals surface area contributed by atoms with E-state index in [-0.39, 0.29) is 11.4 Å². The molecule has 0 amide bonds. The highest BCUT2D eigenvalue weighted by atomic mass is 16.5. The Morgan fingerprint density at radius 1 is 1.30 bits per heavy atom. The molecule has 1 fully saturated rings. The quantitative estimate of drug-likeness (QED) is 0.830. The molecular formula is C15H22N2O3. The Morgan fingerprint density at radius 3 is 2.55 bits per heavy atom. The molecule has 0 spiro atoms. The van der Waals surface area contributed by atoms with Crippen molar-refractivity contribution in [1.29, 1.82) is 0 Å². The predicted octanol–water partition coefficient (Wildman–Crippen LogP) is 2.87. The van der Waals surface area contributed by atoms with E-state index >= 15 is 0 Å². The Kier molecular flexibility index (Phi) is 4.93. The molecule has 1 aromatic rings. The van der Waals surface area contributed by atoms with Gasteiger partial charge in [0.05, 0.1) is 12.3 Å². The second kappa shape index (κ2) is 6.68. The maximum Gasteiger partial charge on any atom is 0.341 e. The van der Waals surface area contributed by atoms with Crippen LogP contribution in [0.4, 0.5) is 0 Å². The molecule has 0 bridgehead atoms. The summed E-state index contributed by atoms with van der Waals surface area (Å²) in [6, 6.07) is 0. The van der Waals surface area contributed by atoms with Gasteiger partial charge in [-0.05, 0) is 30.7 Å². The highest BCUT2D eigenvalue weighted by Gasteiger charge is 2.22. The van der Waals surface area contributed by atoms with Gasteiger partial charge in [0.1, 0.15) is 5.56 Å². The van der Waals surface area contributed by atoms with E-state index in [1.807, 2.05) is 13.8 Å². The average molecular weight is 278 g/mol. The van der Waals surface area contributed by atoms with Crippen LogP contribution in [0.5, 0.6) is 5.88 Å². The summed E-state index contributed by atoms with van der Waals surface area (Å²) in [4.78, 5) is 11.5. The smallest absolute Gasteiger partial charge is 0.341 e. The summed E-state index contributed by atoms with van der Waals surface area (Å²) < 4.78 is 5.59. The number of ether oxygens (including phenoxy) is 1. The monoisotopic (exact) mass is 278 g/mol. The van der Waals surface area contributed by atoms with Gasteiger partial charge in [0.2, 0.25) is 5.88 Å². The van der Waals surface area contributed by atoms with Crippen molar-refractivity contribution >= 4 is 5.97 Å². The van der Waals surface area contributed by atoms with Crippen molar-refractivity contribution in [1.82, 2.24) is 10.2 Å². The zero-order chi connectivity index (χ0) is 14.5. The third kappa shape index (κ3) is 3.08. The lowest BCUT2D eigenvalue weighted by Gasteiger charge is -2.25. The van der Waals surface area contributed by atoms with E-state index in [2.05, 4.69) is 10.2 Å². The minimum Gasteiger partial charge on any atom is -0.477 e. The van der Waals surface area contributed by atoms with Crippen LogP contribution in [0.3, 0.4) is 0 Å². The number of aryl methyl sites for hydroxylation is 1. The Bertz CT molecular complexity index is 484. The van der Waals surface area contributed by atoms with Crippen LogP contribution in [0.25, 0.3) is 0 Å². The molecule has 0 saturated heterocycles. The van der Waals surface area contributed by atoms with Crippen LogP contribution in [0.1, 0.15) is 61.1 Å². The Balaban J connectivity index is 2.15. The molecule has 1 N–H and O–H groups in total. The van der Waals surface area contributed by atoms with Crippen molar-refractivity contribution in [2.75, 3.05) is 6.61 Å². The fraction of sp³-hybridized carbons (Fsp3) is 0.667. The first kappa shape index (κ1) is 14.8. The van der Waals surface area contributed by atoms with Gasteiger partial charge in [-0.3, -0.25) is 0 Å². The molecule has 20 heavy (non-hydrogen) atoms. The Labute approximate surface area is 119 Å². The molecule has 0 atom stereocenters. The lowest BCUT2D eigenvalue weighted by atomic mass is 9.83. The van der Waals surface area contributed by atoms with Crippen molar-refractivity contribution in [3.63, 3.8) is 0 Å². The van der Waals surface area contributed by atoms with Crippen molar-refractivity contribution < 1.29 is 14.6 Å². The first-order valence-electron chi connectivity index (χ1n) is 7.41. The molecule has 1 saturated carbocycles. The van der Waals surface area contributed by atoms with Crippen molar-refractivity contribution in [3.8, 4) is 5.88 Å². The van der Waals surface area contributed by atoms with Gasteiger partial charge in [-0.15, -0.1) is 5.10 Å². The molecule has 0 aromatic carbocycles. The van der Waals surface area contributed by atoms with E-state index < -0.39 is 5.97 Å². The summed E-state index contributed by atoms with van der Waals surface area (Å²) in [7, 11) is 0. The molecule has 5 nitrogen and oxygen atoms in total. The molecule has 2 rings (SSSR count). The predicted molar refractivity (Wildman–Crippen MR) is 75.2 cm³/mol. The van der Waals surface area contributed by atoms with Crippen LogP contribution in [0.15, 0.2) is 0 Å². The third-order valence-corrected chi connectivity index (χ3v) is 4.02. The number of hydrogen-bond donors (Lipinski definition) is 1. The van der Waals surface area contributed by atoms with Gasteiger partial charge in [-0.25, -0.2) is 4.79 Å². The summed E-state index contributed by atoms with van der Waals surface area (Å²) in [5.74, 6) is -0.0761. The molecule has 0 aliphatic heterocycles. The van der Waals surface area contributed by atoms with E-state index in [0.29, 0.717) is 19.4 Å². The largest absolute Gasteiger partial charge is 0.477 e. The van der Waals surface area contributed by atoms with Crippen LogP contribution in [-0.2, 0) is 12.8 Å². The zero-order valence-electron chi connectivity index (χ0n) is 12.2. The molecule has 110 valence electrons. The van der Waals surface area contributed by atoms with Crippen molar-refractivity contribution in [2.24, 2.45) is 5.92 Å². The molecule has 5 heteroatoms. The van der Waals surface area contributed by atoms with Gasteiger partial charge in [-0.1, -0.05) is 33.1 Å². The second-order valence-electron chi connectivity index (χ2n) is 5.25. The van der Waals surface area contributed by atoms with Gasteiger partial charge < -0.3 is 9.84 Å². The summed E-state index contributed by atoms with van der Waals surface area (Å²) in [5.41, 5.74) is 1.68. The number of rotatable bonds is 7. The molecule has 0 unspecified atom stereocenters. The van der Waals surface area contributed by atoms with Gasteiger partial charge in [0.25, 0.3) is 0 Å². The van der Waals surface area contributed by atoms with Crippen molar-refractivity contribution in [2.45, 2.75) is 52.4 Å². The minimum absolute atomic E-state index is 0.172. The number of aromatic carboxylic acids is 1. The maximum absolute atomic E-state index is 11.5. The summed E-state index contributed by atoms with van der Waals surface area (Å²) in [6.07, 6.45) is 6.09. The number of nitrogens with zero attached hydrogens (tertiary/aromatic N) is 2. The topological polar surface area (TPSA) is 72.3 Å². The third-order valence-electron chi connectivity index (χ3n) is 4.02. The summed E-state index contributed by atoms with van der Waals surface area (Å²) in [5, 5.41) is 17.5. The zero-order valence-corrected chi connectivity index (χ0v) is 12.2. The van der Waals surface area contributed by atoms with Crippen LogP contribution < -0.4 is 4.74 Å². The molecule has 1 aliphatic rings. The SMILES string of the molecule is CCc1nnc(OCCC2CCC2)c(C(=O)O)c1CC. The summed E-state index contributed by atoms with van der Waals surface area (Å²) >= 11 is 0. The number of carbonyl (C=O) groups is 1. The van der Waals surface area contributed by atoms with Gasteiger partial charge in [0.15, 0.2) is 0 Å². The number of carboxylic acids is 1. The molecule has 0 radical (unpaired) electrons. The maximum atomic E-state index is 11.5. The van der Waals surface area contributed by atoms with Crippen LogP contribution >= 0.6 is 0 Å². The van der Waals surface area contributed by atoms with E-state index in [9.17, 15) is 9.90 Å². The van der Waals surface area contributed by atoms with Crippen molar-refractivity contribution in [3.05, 3.63) is 16.8 Å². The first-order valence-corrected chi connectivity index (χ1v) is 7.41. The number of carboxylic acid groups (broad SMARTS) is 1. The van der Waals surface area contributed by atoms with Gasteiger partial charge in [-0.2, -0.15) is 5.10 Å². The van der Waals surface area contributed by atoms with E-state index in [1.54, 1.807) is 0 Å². The van der Waals surface area contributed by atoms with Crippen LogP contribution in [0.2, 0.25) is 0 Å². The highest BCUT2D eigenvalue weighted by Crippen LogP contribution is 2.30. The van der Waals surface area contributed by atoms with Gasteiger partial charge in [0, 0.05) is 0 Å². The Hall–Kier alpha value is -1.65. The lowest BCUT2D eigenvalue weighted by molar-refractivity contribution is 0.0688.